The highest BCUT2D eigenvalue weighted by molar-refractivity contribution is 5.68. The van der Waals surface area contributed by atoms with Gasteiger partial charge in [0.05, 0.1) is 12.0 Å². The summed E-state index contributed by atoms with van der Waals surface area (Å²) in [5, 5.41) is 18.6. The maximum atomic E-state index is 10.6. The van der Waals surface area contributed by atoms with Crippen LogP contribution in [0.15, 0.2) is 24.3 Å². The molecule has 4 nitrogen and oxygen atoms in total. The van der Waals surface area contributed by atoms with E-state index in [0.29, 0.717) is 11.1 Å². The zero-order valence-corrected chi connectivity index (χ0v) is 9.47. The van der Waals surface area contributed by atoms with Crippen molar-refractivity contribution >= 4 is 5.97 Å². The van der Waals surface area contributed by atoms with Crippen molar-refractivity contribution in [1.82, 2.24) is 0 Å². The van der Waals surface area contributed by atoms with Crippen LogP contribution in [0.4, 0.5) is 0 Å². The van der Waals surface area contributed by atoms with Crippen LogP contribution >= 0.6 is 0 Å². The highest BCUT2D eigenvalue weighted by Gasteiger charge is 2.23. The van der Waals surface area contributed by atoms with Gasteiger partial charge in [-0.25, -0.2) is 0 Å². The Balaban J connectivity index is 3.08. The second-order valence-electron chi connectivity index (χ2n) is 4.35. The van der Waals surface area contributed by atoms with E-state index in [1.165, 1.54) is 0 Å². The molecule has 1 aromatic carbocycles. The van der Waals surface area contributed by atoms with E-state index in [2.05, 4.69) is 0 Å². The average Bonchev–Trinajstić information content (AvgIpc) is 2.15. The lowest BCUT2D eigenvalue weighted by atomic mass is 9.89. The number of aliphatic hydroxyl groups is 1. The van der Waals surface area contributed by atoms with Gasteiger partial charge in [0.2, 0.25) is 0 Å². The van der Waals surface area contributed by atoms with Gasteiger partial charge in [0.1, 0.15) is 0 Å². The minimum absolute atomic E-state index is 0.146. The van der Waals surface area contributed by atoms with E-state index in [-0.39, 0.29) is 6.42 Å². The summed E-state index contributed by atoms with van der Waals surface area (Å²) in [5.41, 5.74) is 6.13. The molecule has 0 heterocycles. The SMILES string of the molecule is CC(C)(O)c1ccccc1C(N)CC(=O)O. The molecule has 1 atom stereocenters. The quantitative estimate of drug-likeness (QED) is 0.720. The molecule has 0 spiro atoms. The number of benzene rings is 1. The van der Waals surface area contributed by atoms with Crippen LogP contribution in [0.3, 0.4) is 0 Å². The Bertz CT molecular complexity index is 382. The summed E-state index contributed by atoms with van der Waals surface area (Å²) < 4.78 is 0. The van der Waals surface area contributed by atoms with E-state index in [4.69, 9.17) is 10.8 Å². The van der Waals surface area contributed by atoms with Gasteiger partial charge in [0.15, 0.2) is 0 Å². The summed E-state index contributed by atoms with van der Waals surface area (Å²) in [4.78, 5) is 10.6. The van der Waals surface area contributed by atoms with Crippen LogP contribution in [0, 0.1) is 0 Å². The van der Waals surface area contributed by atoms with E-state index in [0.717, 1.165) is 0 Å². The predicted molar refractivity (Wildman–Crippen MR) is 60.9 cm³/mol. The number of hydrogen-bond donors (Lipinski definition) is 3. The summed E-state index contributed by atoms with van der Waals surface area (Å²) in [6.45, 7) is 3.30. The van der Waals surface area contributed by atoms with Crippen LogP contribution in [-0.2, 0) is 10.4 Å². The maximum absolute atomic E-state index is 10.6. The maximum Gasteiger partial charge on any atom is 0.305 e. The Morgan fingerprint density at radius 2 is 2.00 bits per heavy atom. The van der Waals surface area contributed by atoms with Crippen molar-refractivity contribution in [2.75, 3.05) is 0 Å². The van der Waals surface area contributed by atoms with Crippen molar-refractivity contribution in [3.8, 4) is 0 Å². The van der Waals surface area contributed by atoms with Gasteiger partial charge in [0.25, 0.3) is 0 Å². The van der Waals surface area contributed by atoms with E-state index in [1.54, 1.807) is 38.1 Å². The molecule has 1 unspecified atom stereocenters. The van der Waals surface area contributed by atoms with Crippen molar-refractivity contribution in [2.24, 2.45) is 5.73 Å². The molecule has 4 N–H and O–H groups in total. The Morgan fingerprint density at radius 1 is 1.44 bits per heavy atom. The van der Waals surface area contributed by atoms with Crippen LogP contribution in [-0.4, -0.2) is 16.2 Å². The molecule has 88 valence electrons. The number of rotatable bonds is 4. The van der Waals surface area contributed by atoms with E-state index < -0.39 is 17.6 Å². The lowest BCUT2D eigenvalue weighted by molar-refractivity contribution is -0.137. The van der Waals surface area contributed by atoms with E-state index >= 15 is 0 Å². The van der Waals surface area contributed by atoms with Gasteiger partial charge in [-0.05, 0) is 25.0 Å². The number of carboxylic acid groups (broad SMARTS) is 1. The third kappa shape index (κ3) is 3.05. The summed E-state index contributed by atoms with van der Waals surface area (Å²) in [7, 11) is 0. The van der Waals surface area contributed by atoms with Crippen molar-refractivity contribution in [1.29, 1.82) is 0 Å². The number of hydrogen-bond acceptors (Lipinski definition) is 3. The molecule has 0 aliphatic rings. The van der Waals surface area contributed by atoms with Gasteiger partial charge in [0, 0.05) is 6.04 Å². The Kier molecular flexibility index (Phi) is 3.67. The summed E-state index contributed by atoms with van der Waals surface area (Å²) in [5.74, 6) is -0.946. The minimum atomic E-state index is -1.02. The normalized spacial score (nSPS) is 13.5. The van der Waals surface area contributed by atoms with Crippen molar-refractivity contribution in [2.45, 2.75) is 31.9 Å². The molecule has 0 aliphatic carbocycles. The number of carboxylic acids is 1. The standard InChI is InChI=1S/C12H17NO3/c1-12(2,16)9-6-4-3-5-8(9)10(13)7-11(14)15/h3-6,10,16H,7,13H2,1-2H3,(H,14,15). The largest absolute Gasteiger partial charge is 0.481 e. The molecule has 0 bridgehead atoms. The number of carbonyl (C=O) groups is 1. The van der Waals surface area contributed by atoms with Crippen molar-refractivity contribution in [3.05, 3.63) is 35.4 Å². The molecule has 0 fully saturated rings. The Hall–Kier alpha value is -1.39. The molecule has 16 heavy (non-hydrogen) atoms. The Labute approximate surface area is 94.7 Å². The Morgan fingerprint density at radius 3 is 2.50 bits per heavy atom. The van der Waals surface area contributed by atoms with Gasteiger partial charge in [-0.3, -0.25) is 4.79 Å². The van der Waals surface area contributed by atoms with E-state index in [9.17, 15) is 9.90 Å². The number of nitrogens with two attached hydrogens (primary N) is 1. The summed E-state index contributed by atoms with van der Waals surface area (Å²) in [6.07, 6.45) is -0.146. The van der Waals surface area contributed by atoms with Gasteiger partial charge in [-0.2, -0.15) is 0 Å². The molecule has 4 heteroatoms. The van der Waals surface area contributed by atoms with Crippen LogP contribution in [0.5, 0.6) is 0 Å². The third-order valence-electron chi connectivity index (χ3n) is 2.41. The fourth-order valence-electron chi connectivity index (χ4n) is 1.68. The minimum Gasteiger partial charge on any atom is -0.481 e. The topological polar surface area (TPSA) is 83.5 Å². The van der Waals surface area contributed by atoms with Crippen LogP contribution in [0.25, 0.3) is 0 Å². The lowest BCUT2D eigenvalue weighted by Gasteiger charge is -2.24. The first-order chi connectivity index (χ1) is 7.32. The van der Waals surface area contributed by atoms with Gasteiger partial charge >= 0.3 is 5.97 Å². The van der Waals surface area contributed by atoms with Crippen LogP contribution < -0.4 is 5.73 Å². The molecule has 0 amide bonds. The van der Waals surface area contributed by atoms with Crippen molar-refractivity contribution in [3.63, 3.8) is 0 Å². The first-order valence-corrected chi connectivity index (χ1v) is 5.11. The molecule has 0 aliphatic heterocycles. The summed E-state index contributed by atoms with van der Waals surface area (Å²) in [6, 6.07) is 6.49. The third-order valence-corrected chi connectivity index (χ3v) is 2.41. The summed E-state index contributed by atoms with van der Waals surface area (Å²) >= 11 is 0. The first-order valence-electron chi connectivity index (χ1n) is 5.11. The molecule has 1 aromatic rings. The average molecular weight is 223 g/mol. The fraction of sp³-hybridized carbons (Fsp3) is 0.417. The highest BCUT2D eigenvalue weighted by Crippen LogP contribution is 2.28. The molecule has 0 saturated carbocycles. The number of aliphatic carboxylic acids is 1. The molecule has 0 saturated heterocycles. The zero-order valence-electron chi connectivity index (χ0n) is 9.47. The molecule has 0 aromatic heterocycles. The lowest BCUT2D eigenvalue weighted by Crippen LogP contribution is -2.23. The smallest absolute Gasteiger partial charge is 0.305 e. The molecular weight excluding hydrogens is 206 g/mol. The van der Waals surface area contributed by atoms with Gasteiger partial charge in [-0.15, -0.1) is 0 Å². The van der Waals surface area contributed by atoms with Crippen LogP contribution in [0.2, 0.25) is 0 Å². The molecule has 0 radical (unpaired) electrons. The van der Waals surface area contributed by atoms with E-state index in [1.807, 2.05) is 0 Å². The molecular formula is C12H17NO3. The second kappa shape index (κ2) is 4.63. The zero-order chi connectivity index (χ0) is 12.3. The van der Waals surface area contributed by atoms with Crippen LogP contribution in [0.1, 0.15) is 37.4 Å². The van der Waals surface area contributed by atoms with Gasteiger partial charge in [-0.1, -0.05) is 24.3 Å². The monoisotopic (exact) mass is 223 g/mol. The first kappa shape index (κ1) is 12.7. The fourth-order valence-corrected chi connectivity index (χ4v) is 1.68. The highest BCUT2D eigenvalue weighted by atomic mass is 16.4. The van der Waals surface area contributed by atoms with Crippen molar-refractivity contribution < 1.29 is 15.0 Å². The van der Waals surface area contributed by atoms with Gasteiger partial charge < -0.3 is 15.9 Å². The second-order valence-corrected chi connectivity index (χ2v) is 4.35. The molecule has 1 rings (SSSR count). The predicted octanol–water partition coefficient (Wildman–Crippen LogP) is 1.39.